The van der Waals surface area contributed by atoms with Crippen LogP contribution in [0.4, 0.5) is 17.1 Å². The van der Waals surface area contributed by atoms with Crippen LogP contribution >= 0.6 is 0 Å². The first-order chi connectivity index (χ1) is 36.4. The second-order valence-electron chi connectivity index (χ2n) is 15.6. The van der Waals surface area contributed by atoms with Gasteiger partial charge in [0.2, 0.25) is 36.8 Å². The van der Waals surface area contributed by atoms with Gasteiger partial charge in [0.05, 0.1) is 21.5 Å². The number of nitrogens with zero attached hydrogens (tertiary/aromatic N) is 8. The average molecular weight is 1060 g/mol. The van der Waals surface area contributed by atoms with Crippen LogP contribution in [-0.4, -0.2) is 105 Å². The van der Waals surface area contributed by atoms with Crippen LogP contribution < -0.4 is 83.1 Å². The van der Waals surface area contributed by atoms with Gasteiger partial charge in [-0.2, -0.15) is 5.26 Å². The van der Waals surface area contributed by atoms with Crippen molar-refractivity contribution in [2.24, 2.45) is 71.6 Å². The van der Waals surface area contributed by atoms with Gasteiger partial charge >= 0.3 is 11.4 Å². The second-order valence-corrected chi connectivity index (χ2v) is 15.6. The maximum Gasteiger partial charge on any atom is 0.301 e. The van der Waals surface area contributed by atoms with Gasteiger partial charge < -0.3 is 88.2 Å². The maximum absolute atomic E-state index is 14.4. The molecule has 0 radical (unpaired) electrons. The summed E-state index contributed by atoms with van der Waals surface area (Å²) < 4.78 is 0. The summed E-state index contributed by atoms with van der Waals surface area (Å²) in [6.07, 6.45) is -7.61. The molecule has 0 saturated heterocycles. The highest BCUT2D eigenvalue weighted by Crippen LogP contribution is 2.40. The third kappa shape index (κ3) is 17.1. The molecule has 4 aromatic carbocycles. The van der Waals surface area contributed by atoms with Gasteiger partial charge in [-0.05, 0) is 22.3 Å². The van der Waals surface area contributed by atoms with Crippen molar-refractivity contribution < 1.29 is 43.7 Å². The predicted molar refractivity (Wildman–Crippen MR) is 276 cm³/mol. The van der Waals surface area contributed by atoms with Crippen LogP contribution in [0.3, 0.4) is 0 Å². The van der Waals surface area contributed by atoms with Crippen molar-refractivity contribution in [3.63, 3.8) is 0 Å². The first-order valence-electron chi connectivity index (χ1n) is 21.7. The first kappa shape index (κ1) is 58.1. The zero-order chi connectivity index (χ0) is 57.1. The van der Waals surface area contributed by atoms with Gasteiger partial charge in [0.1, 0.15) is 6.04 Å². The number of amides is 6. The Morgan fingerprint density at radius 3 is 1.36 bits per heavy atom. The molecule has 0 saturated carbocycles. The second kappa shape index (κ2) is 26.9. The summed E-state index contributed by atoms with van der Waals surface area (Å²) in [6.45, 7) is -0.645. The van der Waals surface area contributed by atoms with Crippen molar-refractivity contribution in [3.8, 4) is 6.07 Å². The molecular weight excluding hydrogens is 1010 g/mol. The molecule has 0 aromatic heterocycles. The number of nitro benzene ring substituents is 2. The number of hydrogen-bond donors (Lipinski definition) is 15. The van der Waals surface area contributed by atoms with Gasteiger partial charge in [-0.1, -0.05) is 97.1 Å². The number of carbonyl (C=O) groups is 6. The van der Waals surface area contributed by atoms with Gasteiger partial charge in [0, 0.05) is 18.7 Å². The maximum atomic E-state index is 14.4. The predicted octanol–water partition coefficient (Wildman–Crippen LogP) is -4.92. The molecule has 0 spiro atoms. The topological polar surface area (TPSA) is 580 Å². The van der Waals surface area contributed by atoms with Crippen molar-refractivity contribution in [3.05, 3.63) is 145 Å². The van der Waals surface area contributed by atoms with Gasteiger partial charge in [0.25, 0.3) is 29.5 Å². The van der Waals surface area contributed by atoms with E-state index in [-0.39, 0.29) is 11.1 Å². The summed E-state index contributed by atoms with van der Waals surface area (Å²) in [4.78, 5) is 119. The summed E-state index contributed by atoms with van der Waals surface area (Å²) in [5, 5.41) is 57.0. The standard InChI is InChI=1S/C44H50N22O11/c45-19-24-17-26(65(74)75)29(27(18-24)66(76)77)64(20-23-15-13-22(14-16-23)12-11-21-7-3-1-4-8-21)40(73)39(72)55-28(25-9-5-2-6-10-25)35(68)57-32(61-42(49)50)37(70)59-34(63-44(53)54)38(71)58-33(62-43(51)52)36(69)56-31(30(46)67)60-41(47)48/h1-18,28,31-34,40,73H,20H2,(H2,46,67)(H,55,72)(H,56,69)(H,57,68)(H,58,71)(H,59,70)(H4,47,48,60)(H4,49,50,61)(H4,51,52,62)(H4,53,54,63). The van der Waals surface area contributed by atoms with Gasteiger partial charge in [-0.15, -0.1) is 0 Å². The number of nitro groups is 2. The molecule has 6 amide bonds. The molecule has 24 N–H and O–H groups in total. The number of primary amides is 1. The fourth-order valence-corrected chi connectivity index (χ4v) is 6.61. The molecule has 6 unspecified atom stereocenters. The fraction of sp³-hybridized carbons (Fsp3) is 0.159. The molecule has 0 aliphatic carbocycles. The Morgan fingerprint density at radius 2 is 0.961 bits per heavy atom. The van der Waals surface area contributed by atoms with E-state index in [0.717, 1.165) is 5.56 Å². The van der Waals surface area contributed by atoms with Crippen LogP contribution in [0.15, 0.2) is 117 Å². The highest BCUT2D eigenvalue weighted by molar-refractivity contribution is 5.99. The smallest absolute Gasteiger partial charge is 0.301 e. The molecule has 77 heavy (non-hydrogen) atoms. The lowest BCUT2D eigenvalue weighted by Crippen LogP contribution is -2.58. The van der Waals surface area contributed by atoms with E-state index in [1.54, 1.807) is 24.3 Å². The zero-order valence-corrected chi connectivity index (χ0v) is 39.9. The summed E-state index contributed by atoms with van der Waals surface area (Å²) in [5.41, 5.74) is 47.0. The Bertz CT molecular complexity index is 3020. The molecule has 4 rings (SSSR count). The van der Waals surface area contributed by atoms with E-state index in [0.29, 0.717) is 22.6 Å². The number of nitriles is 1. The molecule has 33 heteroatoms. The number of nitrogens with one attached hydrogen (secondary N) is 5. The number of rotatable bonds is 24. The largest absolute Gasteiger partial charge is 0.370 e. The zero-order valence-electron chi connectivity index (χ0n) is 39.9. The van der Waals surface area contributed by atoms with Crippen LogP contribution in [0, 0.1) is 31.6 Å². The third-order valence-electron chi connectivity index (χ3n) is 9.93. The highest BCUT2D eigenvalue weighted by Gasteiger charge is 2.39. The van der Waals surface area contributed by atoms with Crippen LogP contribution in [0.5, 0.6) is 0 Å². The number of benzene rings is 4. The van der Waals surface area contributed by atoms with E-state index in [9.17, 15) is 59.4 Å². The Morgan fingerprint density at radius 1 is 0.571 bits per heavy atom. The summed E-state index contributed by atoms with van der Waals surface area (Å²) in [5.74, 6) is -11.7. The van der Waals surface area contributed by atoms with Crippen molar-refractivity contribution in [2.45, 2.75) is 43.5 Å². The monoisotopic (exact) mass is 1060 g/mol. The molecule has 4 aromatic rings. The number of nitrogens with two attached hydrogens (primary N) is 9. The van der Waals surface area contributed by atoms with E-state index in [1.807, 2.05) is 52.4 Å². The van der Waals surface area contributed by atoms with Crippen LogP contribution in [0.25, 0.3) is 12.2 Å². The van der Waals surface area contributed by atoms with E-state index in [4.69, 9.17) is 51.6 Å². The Hall–Kier alpha value is -11.4. The van der Waals surface area contributed by atoms with Gasteiger partial charge in [-0.3, -0.25) is 49.0 Å². The minimum Gasteiger partial charge on any atom is -0.370 e. The lowest BCUT2D eigenvalue weighted by molar-refractivity contribution is -0.392. The minimum atomic E-state index is -2.62. The molecule has 0 fully saturated rings. The van der Waals surface area contributed by atoms with Gasteiger partial charge in [0.15, 0.2) is 29.5 Å². The Balaban J connectivity index is 1.72. The number of aliphatic hydroxyl groups is 1. The number of carbonyl (C=O) groups excluding carboxylic acids is 6. The van der Waals surface area contributed by atoms with Crippen molar-refractivity contribution in [1.82, 2.24) is 26.6 Å². The molecule has 33 nitrogen and oxygen atoms in total. The van der Waals surface area contributed by atoms with Crippen molar-refractivity contribution in [1.29, 1.82) is 5.26 Å². The lowest BCUT2D eigenvalue weighted by atomic mass is 10.1. The van der Waals surface area contributed by atoms with Crippen LogP contribution in [-0.2, 0) is 35.3 Å². The molecule has 402 valence electrons. The molecule has 6 atom stereocenters. The Kier molecular flexibility index (Phi) is 20.3. The molecule has 0 heterocycles. The normalized spacial score (nSPS) is 12.9. The summed E-state index contributed by atoms with van der Waals surface area (Å²) >= 11 is 0. The summed E-state index contributed by atoms with van der Waals surface area (Å²) in [7, 11) is 0. The number of guanidine groups is 4. The Labute approximate surface area is 434 Å². The third-order valence-corrected chi connectivity index (χ3v) is 9.93. The number of hydrogen-bond acceptors (Lipinski definition) is 17. The number of aliphatic hydroxyl groups excluding tert-OH is 1. The molecule has 0 bridgehead atoms. The molecule has 0 aliphatic rings. The quantitative estimate of drug-likeness (QED) is 0.00781. The fourth-order valence-electron chi connectivity index (χ4n) is 6.61. The highest BCUT2D eigenvalue weighted by atomic mass is 16.6. The van der Waals surface area contributed by atoms with Gasteiger partial charge in [-0.25, -0.2) is 20.0 Å². The van der Waals surface area contributed by atoms with Crippen molar-refractivity contribution >= 4 is 88.5 Å². The molecule has 0 aliphatic heterocycles. The van der Waals surface area contributed by atoms with Crippen molar-refractivity contribution in [2.75, 3.05) is 4.90 Å². The lowest BCUT2D eigenvalue weighted by Gasteiger charge is -2.30. The van der Waals surface area contributed by atoms with E-state index >= 15 is 0 Å². The molecular formula is C44H50N22O11. The minimum absolute atomic E-state index is 0.0596. The first-order valence-corrected chi connectivity index (χ1v) is 21.7. The van der Waals surface area contributed by atoms with E-state index in [2.05, 4.69) is 30.6 Å². The summed E-state index contributed by atoms with van der Waals surface area (Å²) in [6, 6.07) is 23.5. The van der Waals surface area contributed by atoms with Crippen LogP contribution in [0.2, 0.25) is 0 Å². The number of aliphatic imine (C=N–C) groups is 4. The van der Waals surface area contributed by atoms with E-state index < -0.39 is 135 Å². The van der Waals surface area contributed by atoms with Crippen LogP contribution in [0.1, 0.15) is 33.9 Å². The SMILES string of the molecule is N#Cc1cc([N+](=O)[O-])c(N(Cc2ccc(C=Cc3ccccc3)cc2)C(O)C(=O)NC(C(=O)NC(N=C(N)N)C(=O)NC(N=C(N)N)C(=O)NC(N=C(N)N)C(=O)NC(N=C(N)N)C(N)=O)c2ccccc2)c([N+](=O)[O-])c1. The van der Waals surface area contributed by atoms with E-state index in [1.165, 1.54) is 42.5 Å². The number of anilines is 1. The average Bonchev–Trinajstić information content (AvgIpc) is 3.37.